The topological polar surface area (TPSA) is 77.4 Å². The van der Waals surface area contributed by atoms with E-state index in [4.69, 9.17) is 4.74 Å². The van der Waals surface area contributed by atoms with Crippen molar-refractivity contribution in [3.63, 3.8) is 0 Å². The molecule has 2 aromatic rings. The molecule has 0 aliphatic heterocycles. The zero-order valence-corrected chi connectivity index (χ0v) is 13.7. The number of alkyl halides is 3. The number of benzene rings is 1. The first kappa shape index (κ1) is 19.2. The van der Waals surface area contributed by atoms with Crippen molar-refractivity contribution < 1.29 is 32.3 Å². The fourth-order valence-electron chi connectivity index (χ4n) is 2.15. The maximum absolute atomic E-state index is 12.6. The summed E-state index contributed by atoms with van der Waals surface area (Å²) in [6.45, 7) is -0.714. The molecule has 1 N–H and O–H groups in total. The second-order valence-corrected chi connectivity index (χ2v) is 5.42. The Morgan fingerprint density at radius 1 is 1.15 bits per heavy atom. The Bertz CT molecular complexity index is 827. The average molecular weight is 368 g/mol. The van der Waals surface area contributed by atoms with Crippen molar-refractivity contribution in [1.82, 2.24) is 9.88 Å². The van der Waals surface area contributed by atoms with Crippen LogP contribution in [0.5, 0.6) is 0 Å². The summed E-state index contributed by atoms with van der Waals surface area (Å²) in [4.78, 5) is 35.1. The molecule has 1 heterocycles. The van der Waals surface area contributed by atoms with Gasteiger partial charge in [0, 0.05) is 13.2 Å². The van der Waals surface area contributed by atoms with Gasteiger partial charge in [-0.25, -0.2) is 0 Å². The number of nitrogens with zero attached hydrogens (tertiary/aromatic N) is 1. The first-order valence-electron chi connectivity index (χ1n) is 7.44. The highest BCUT2D eigenvalue weighted by atomic mass is 19.4. The van der Waals surface area contributed by atoms with E-state index in [9.17, 15) is 27.6 Å². The third kappa shape index (κ3) is 5.20. The number of aromatic nitrogens is 1. The lowest BCUT2D eigenvalue weighted by molar-refractivity contribution is -0.147. The van der Waals surface area contributed by atoms with Gasteiger partial charge in [-0.3, -0.25) is 19.7 Å². The van der Waals surface area contributed by atoms with Crippen LogP contribution in [-0.4, -0.2) is 29.0 Å². The largest absolute Gasteiger partial charge is 0.455 e. The number of aryl methyl sites for hydroxylation is 1. The van der Waals surface area contributed by atoms with Crippen molar-refractivity contribution in [2.24, 2.45) is 7.05 Å². The molecule has 0 spiro atoms. The molecule has 2 amide bonds. The molecular weight excluding hydrogens is 353 g/mol. The zero-order valence-electron chi connectivity index (χ0n) is 13.7. The molecule has 0 atom stereocenters. The summed E-state index contributed by atoms with van der Waals surface area (Å²) in [5.74, 6) is -2.38. The summed E-state index contributed by atoms with van der Waals surface area (Å²) >= 11 is 0. The number of rotatable bonds is 5. The predicted octanol–water partition coefficient (Wildman–Crippen LogP) is 2.09. The van der Waals surface area contributed by atoms with Crippen molar-refractivity contribution in [2.45, 2.75) is 12.6 Å². The van der Waals surface area contributed by atoms with Crippen molar-refractivity contribution in [3.05, 3.63) is 59.4 Å². The Morgan fingerprint density at radius 3 is 2.50 bits per heavy atom. The van der Waals surface area contributed by atoms with Crippen molar-refractivity contribution in [3.8, 4) is 0 Å². The predicted molar refractivity (Wildman–Crippen MR) is 84.0 cm³/mol. The number of hydrogen-bond donors (Lipinski definition) is 1. The fraction of sp³-hybridized carbons (Fsp3) is 0.235. The van der Waals surface area contributed by atoms with E-state index in [2.05, 4.69) is 0 Å². The molecule has 0 saturated heterocycles. The third-order valence-corrected chi connectivity index (χ3v) is 3.40. The van der Waals surface area contributed by atoms with Crippen LogP contribution in [0.15, 0.2) is 42.6 Å². The van der Waals surface area contributed by atoms with Gasteiger partial charge in [0.1, 0.15) is 5.69 Å². The van der Waals surface area contributed by atoms with Gasteiger partial charge in [-0.05, 0) is 23.8 Å². The lowest BCUT2D eigenvalue weighted by atomic mass is 10.1. The van der Waals surface area contributed by atoms with Gasteiger partial charge in [-0.15, -0.1) is 0 Å². The fourth-order valence-corrected chi connectivity index (χ4v) is 2.15. The van der Waals surface area contributed by atoms with Crippen LogP contribution in [0.1, 0.15) is 21.6 Å². The second kappa shape index (κ2) is 7.85. The van der Waals surface area contributed by atoms with Crippen LogP contribution in [0.25, 0.3) is 0 Å². The monoisotopic (exact) mass is 368 g/mol. The number of esters is 1. The van der Waals surface area contributed by atoms with Gasteiger partial charge in [0.25, 0.3) is 11.8 Å². The van der Waals surface area contributed by atoms with Crippen LogP contribution < -0.4 is 5.32 Å². The second-order valence-electron chi connectivity index (χ2n) is 5.42. The van der Waals surface area contributed by atoms with E-state index < -0.39 is 42.6 Å². The van der Waals surface area contributed by atoms with Gasteiger partial charge in [0.15, 0.2) is 6.61 Å². The molecule has 1 aromatic carbocycles. The number of nitrogens with one attached hydrogen (secondary N) is 1. The number of imide groups is 1. The minimum Gasteiger partial charge on any atom is -0.455 e. The molecule has 0 aliphatic carbocycles. The zero-order chi connectivity index (χ0) is 19.3. The first-order valence-corrected chi connectivity index (χ1v) is 7.44. The van der Waals surface area contributed by atoms with E-state index in [0.717, 1.165) is 12.1 Å². The Labute approximate surface area is 146 Å². The van der Waals surface area contributed by atoms with E-state index in [1.165, 1.54) is 22.8 Å². The number of hydrogen-bond acceptors (Lipinski definition) is 4. The summed E-state index contributed by atoms with van der Waals surface area (Å²) in [6.07, 6.45) is -3.32. The van der Waals surface area contributed by atoms with Crippen LogP contribution >= 0.6 is 0 Å². The maximum Gasteiger partial charge on any atom is 0.416 e. The number of halogens is 3. The SMILES string of the molecule is Cn1cccc1C(=O)NC(=O)COC(=O)Cc1cccc(C(F)(F)F)c1. The summed E-state index contributed by atoms with van der Waals surface area (Å²) in [5.41, 5.74) is -0.535. The number of amides is 2. The standard InChI is InChI=1S/C17H15F3N2O4/c1-22-7-3-6-13(22)16(25)21-14(23)10-26-15(24)9-11-4-2-5-12(8-11)17(18,19)20/h2-8H,9-10H2,1H3,(H,21,23,25). The van der Waals surface area contributed by atoms with Gasteiger partial charge >= 0.3 is 12.1 Å². The highest BCUT2D eigenvalue weighted by molar-refractivity contribution is 6.04. The summed E-state index contributed by atoms with van der Waals surface area (Å²) in [5, 5.41) is 2.05. The number of carbonyl (C=O) groups is 3. The molecule has 0 radical (unpaired) electrons. The Kier molecular flexibility index (Phi) is 5.81. The number of ether oxygens (including phenoxy) is 1. The van der Waals surface area contributed by atoms with E-state index in [1.54, 1.807) is 19.3 Å². The van der Waals surface area contributed by atoms with Crippen molar-refractivity contribution >= 4 is 17.8 Å². The van der Waals surface area contributed by atoms with Crippen LogP contribution in [0.3, 0.4) is 0 Å². The molecule has 138 valence electrons. The summed E-state index contributed by atoms with van der Waals surface area (Å²) in [6, 6.07) is 7.36. The molecule has 0 unspecified atom stereocenters. The van der Waals surface area contributed by atoms with Gasteiger partial charge in [0.2, 0.25) is 0 Å². The molecule has 0 saturated carbocycles. The number of carbonyl (C=O) groups excluding carboxylic acids is 3. The van der Waals surface area contributed by atoms with Crippen LogP contribution in [0.2, 0.25) is 0 Å². The molecule has 1 aromatic heterocycles. The summed E-state index contributed by atoms with van der Waals surface area (Å²) < 4.78 is 44.1. The molecule has 26 heavy (non-hydrogen) atoms. The molecular formula is C17H15F3N2O4. The highest BCUT2D eigenvalue weighted by Gasteiger charge is 2.30. The molecule has 9 heteroatoms. The molecule has 2 rings (SSSR count). The molecule has 0 fully saturated rings. The van der Waals surface area contributed by atoms with Crippen LogP contribution in [0.4, 0.5) is 13.2 Å². The van der Waals surface area contributed by atoms with Gasteiger partial charge in [-0.1, -0.05) is 18.2 Å². The van der Waals surface area contributed by atoms with Gasteiger partial charge in [-0.2, -0.15) is 13.2 Å². The van der Waals surface area contributed by atoms with Crippen molar-refractivity contribution in [1.29, 1.82) is 0 Å². The molecule has 6 nitrogen and oxygen atoms in total. The first-order chi connectivity index (χ1) is 12.2. The van der Waals surface area contributed by atoms with Crippen LogP contribution in [0, 0.1) is 0 Å². The lowest BCUT2D eigenvalue weighted by Crippen LogP contribution is -2.35. The van der Waals surface area contributed by atoms with E-state index in [1.807, 2.05) is 5.32 Å². The normalized spacial score (nSPS) is 11.1. The summed E-state index contributed by atoms with van der Waals surface area (Å²) in [7, 11) is 1.62. The smallest absolute Gasteiger partial charge is 0.416 e. The molecule has 0 aliphatic rings. The van der Waals surface area contributed by atoms with Crippen molar-refractivity contribution in [2.75, 3.05) is 6.61 Å². The van der Waals surface area contributed by atoms with Crippen LogP contribution in [-0.2, 0) is 34.0 Å². The minimum atomic E-state index is -4.52. The quantitative estimate of drug-likeness (QED) is 0.820. The average Bonchev–Trinajstić information content (AvgIpc) is 2.98. The molecule has 0 bridgehead atoms. The Morgan fingerprint density at radius 2 is 1.88 bits per heavy atom. The Balaban J connectivity index is 1.84. The van der Waals surface area contributed by atoms with E-state index in [0.29, 0.717) is 0 Å². The van der Waals surface area contributed by atoms with E-state index >= 15 is 0 Å². The maximum atomic E-state index is 12.6. The minimum absolute atomic E-state index is 0.102. The lowest BCUT2D eigenvalue weighted by Gasteiger charge is -2.09. The van der Waals surface area contributed by atoms with E-state index in [-0.39, 0.29) is 11.3 Å². The van der Waals surface area contributed by atoms with Gasteiger partial charge in [0.05, 0.1) is 12.0 Å². The third-order valence-electron chi connectivity index (χ3n) is 3.40. The highest BCUT2D eigenvalue weighted by Crippen LogP contribution is 2.29. The Hall–Kier alpha value is -3.10. The van der Waals surface area contributed by atoms with Gasteiger partial charge < -0.3 is 9.30 Å².